The zero-order valence-electron chi connectivity index (χ0n) is 22.3. The van der Waals surface area contributed by atoms with E-state index in [1.807, 2.05) is 0 Å². The normalized spacial score (nSPS) is 21.2. The van der Waals surface area contributed by atoms with Crippen molar-refractivity contribution < 1.29 is 23.1 Å². The van der Waals surface area contributed by atoms with Gasteiger partial charge in [-0.3, -0.25) is 14.7 Å². The standard InChI is InChI=1S/C27H43N5O5S/c33-26-24(25(27(26)34)30-22-10-13-28-14-11-22)29-12-5-1-2-6-16-32(38(35,36)23-8-3-4-9-23)17-7-15-31-18-20-37-21-19-31/h10-11,13-14,23,27,29,34H,1-9,12,15-21H2,(H,28,30). The van der Waals surface area contributed by atoms with Crippen LogP contribution >= 0.6 is 0 Å². The lowest BCUT2D eigenvalue weighted by molar-refractivity contribution is -0.124. The Morgan fingerprint density at radius 1 is 1.03 bits per heavy atom. The van der Waals surface area contributed by atoms with Crippen LogP contribution in [0.1, 0.15) is 57.8 Å². The van der Waals surface area contributed by atoms with E-state index in [9.17, 15) is 18.3 Å². The first-order valence-electron chi connectivity index (χ1n) is 14.1. The highest BCUT2D eigenvalue weighted by Gasteiger charge is 2.38. The van der Waals surface area contributed by atoms with E-state index in [1.54, 1.807) is 28.8 Å². The number of carbonyl (C=O) groups is 1. The molecule has 0 spiro atoms. The number of ketones is 1. The molecule has 3 aliphatic rings. The van der Waals surface area contributed by atoms with E-state index in [0.717, 1.165) is 96.3 Å². The summed E-state index contributed by atoms with van der Waals surface area (Å²) in [6, 6.07) is 3.55. The van der Waals surface area contributed by atoms with Crippen molar-refractivity contribution >= 4 is 21.5 Å². The van der Waals surface area contributed by atoms with Gasteiger partial charge in [0.2, 0.25) is 15.8 Å². The predicted octanol–water partition coefficient (Wildman–Crippen LogP) is 2.10. The highest BCUT2D eigenvalue weighted by Crippen LogP contribution is 2.28. The Bertz CT molecular complexity index is 1020. The van der Waals surface area contributed by atoms with Gasteiger partial charge in [0.1, 0.15) is 5.70 Å². The molecule has 10 nitrogen and oxygen atoms in total. The van der Waals surface area contributed by atoms with Gasteiger partial charge in [-0.2, -0.15) is 0 Å². The molecule has 1 unspecified atom stereocenters. The molecule has 0 radical (unpaired) electrons. The van der Waals surface area contributed by atoms with Gasteiger partial charge < -0.3 is 20.5 Å². The fourth-order valence-electron chi connectivity index (χ4n) is 5.40. The number of anilines is 1. The number of aromatic nitrogens is 1. The number of Topliss-reactive ketones (excluding diaryl/α,β-unsaturated/α-hetero) is 1. The Balaban J connectivity index is 1.18. The van der Waals surface area contributed by atoms with Crippen molar-refractivity contribution in [2.45, 2.75) is 69.1 Å². The first-order chi connectivity index (χ1) is 18.5. The molecule has 3 N–H and O–H groups in total. The molecule has 1 aromatic rings. The van der Waals surface area contributed by atoms with Crippen LogP contribution in [-0.4, -0.2) is 97.3 Å². The van der Waals surface area contributed by atoms with Crippen LogP contribution in [0.4, 0.5) is 5.69 Å². The fraction of sp³-hybridized carbons (Fsp3) is 0.704. The molecule has 1 atom stereocenters. The predicted molar refractivity (Wildman–Crippen MR) is 147 cm³/mol. The molecule has 212 valence electrons. The summed E-state index contributed by atoms with van der Waals surface area (Å²) < 4.78 is 33.8. The summed E-state index contributed by atoms with van der Waals surface area (Å²) in [7, 11) is -3.25. The number of aliphatic hydroxyl groups is 1. The quantitative estimate of drug-likeness (QED) is 0.266. The van der Waals surface area contributed by atoms with Crippen LogP contribution in [-0.2, 0) is 19.6 Å². The number of aliphatic hydroxyl groups excluding tert-OH is 1. The maximum Gasteiger partial charge on any atom is 0.216 e. The van der Waals surface area contributed by atoms with E-state index in [4.69, 9.17) is 4.74 Å². The minimum absolute atomic E-state index is 0.214. The molecular weight excluding hydrogens is 506 g/mol. The Morgan fingerprint density at radius 3 is 2.45 bits per heavy atom. The lowest BCUT2D eigenvalue weighted by Crippen LogP contribution is -2.45. The Hall–Kier alpha value is -2.05. The molecule has 1 saturated carbocycles. The molecule has 4 rings (SSSR count). The second-order valence-electron chi connectivity index (χ2n) is 10.4. The first kappa shape index (κ1) is 28.9. The number of carbonyl (C=O) groups excluding carboxylic acids is 1. The number of hydrogen-bond acceptors (Lipinski definition) is 9. The SMILES string of the molecule is O=C1C(NCCCCCCN(CCCN2CCOCC2)S(=O)(=O)C2CCCC2)=C(Nc2ccncc2)C1O. The van der Waals surface area contributed by atoms with Gasteiger partial charge in [-0.05, 0) is 50.8 Å². The van der Waals surface area contributed by atoms with Gasteiger partial charge in [-0.1, -0.05) is 25.7 Å². The zero-order chi connectivity index (χ0) is 26.8. The van der Waals surface area contributed by atoms with E-state index < -0.39 is 16.1 Å². The number of rotatable bonds is 16. The molecule has 1 aliphatic heterocycles. The van der Waals surface area contributed by atoms with E-state index in [1.165, 1.54) is 0 Å². The van der Waals surface area contributed by atoms with E-state index in [2.05, 4.69) is 20.5 Å². The molecule has 2 fully saturated rings. The number of morpholine rings is 1. The average molecular weight is 550 g/mol. The second-order valence-corrected chi connectivity index (χ2v) is 12.6. The molecule has 2 aliphatic carbocycles. The van der Waals surface area contributed by atoms with Crippen LogP contribution in [0.2, 0.25) is 0 Å². The Morgan fingerprint density at radius 2 is 1.71 bits per heavy atom. The smallest absolute Gasteiger partial charge is 0.216 e. The number of pyridine rings is 1. The van der Waals surface area contributed by atoms with Gasteiger partial charge in [-0.15, -0.1) is 0 Å². The van der Waals surface area contributed by atoms with Gasteiger partial charge in [0.25, 0.3) is 0 Å². The van der Waals surface area contributed by atoms with Gasteiger partial charge in [0.05, 0.1) is 24.2 Å². The largest absolute Gasteiger partial charge is 0.381 e. The maximum atomic E-state index is 13.3. The number of hydrogen-bond donors (Lipinski definition) is 3. The van der Waals surface area contributed by atoms with E-state index >= 15 is 0 Å². The van der Waals surface area contributed by atoms with Crippen LogP contribution in [0.25, 0.3) is 0 Å². The molecule has 0 amide bonds. The average Bonchev–Trinajstić information content (AvgIpc) is 3.50. The van der Waals surface area contributed by atoms with Gasteiger partial charge in [0, 0.05) is 50.8 Å². The van der Waals surface area contributed by atoms with E-state index in [0.29, 0.717) is 31.0 Å². The number of ether oxygens (including phenoxy) is 1. The first-order valence-corrected chi connectivity index (χ1v) is 15.6. The van der Waals surface area contributed by atoms with Crippen molar-refractivity contribution in [3.05, 3.63) is 35.9 Å². The minimum Gasteiger partial charge on any atom is -0.381 e. The third-order valence-electron chi connectivity index (χ3n) is 7.70. The molecule has 1 aromatic heterocycles. The summed E-state index contributed by atoms with van der Waals surface area (Å²) in [6.45, 7) is 6.06. The Labute approximate surface area is 226 Å². The van der Waals surface area contributed by atoms with Crippen LogP contribution in [0.3, 0.4) is 0 Å². The summed E-state index contributed by atoms with van der Waals surface area (Å²) in [5.74, 6) is -0.300. The van der Waals surface area contributed by atoms with Gasteiger partial charge >= 0.3 is 0 Å². The summed E-state index contributed by atoms with van der Waals surface area (Å²) in [6.07, 6.45) is 10.2. The number of sulfonamides is 1. The monoisotopic (exact) mass is 549 g/mol. The number of unbranched alkanes of at least 4 members (excludes halogenated alkanes) is 3. The van der Waals surface area contributed by atoms with Crippen molar-refractivity contribution in [3.8, 4) is 0 Å². The lowest BCUT2D eigenvalue weighted by atomic mass is 9.94. The molecule has 38 heavy (non-hydrogen) atoms. The highest BCUT2D eigenvalue weighted by molar-refractivity contribution is 7.89. The Kier molecular flexibility index (Phi) is 10.9. The summed E-state index contributed by atoms with van der Waals surface area (Å²) in [5.41, 5.74) is 1.69. The van der Waals surface area contributed by atoms with E-state index in [-0.39, 0.29) is 11.0 Å². The van der Waals surface area contributed by atoms with Crippen LogP contribution < -0.4 is 10.6 Å². The maximum absolute atomic E-state index is 13.3. The highest BCUT2D eigenvalue weighted by atomic mass is 32.2. The summed E-state index contributed by atoms with van der Waals surface area (Å²) >= 11 is 0. The molecular formula is C27H43N5O5S. The van der Waals surface area contributed by atoms with Crippen LogP contribution in [0.15, 0.2) is 35.9 Å². The zero-order valence-corrected chi connectivity index (χ0v) is 23.1. The van der Waals surface area contributed by atoms with Crippen molar-refractivity contribution in [1.82, 2.24) is 19.5 Å². The summed E-state index contributed by atoms with van der Waals surface area (Å²) in [4.78, 5) is 18.4. The topological polar surface area (TPSA) is 124 Å². The second kappa shape index (κ2) is 14.4. The molecule has 0 aromatic carbocycles. The lowest BCUT2D eigenvalue weighted by Gasteiger charge is -2.29. The molecule has 1 saturated heterocycles. The third-order valence-corrected chi connectivity index (χ3v) is 10.1. The molecule has 11 heteroatoms. The number of nitrogens with one attached hydrogen (secondary N) is 2. The van der Waals surface area contributed by atoms with Gasteiger partial charge in [-0.25, -0.2) is 12.7 Å². The van der Waals surface area contributed by atoms with Crippen molar-refractivity contribution in [3.63, 3.8) is 0 Å². The fourth-order valence-corrected chi connectivity index (χ4v) is 7.52. The van der Waals surface area contributed by atoms with Crippen molar-refractivity contribution in [1.29, 1.82) is 0 Å². The number of nitrogens with zero attached hydrogens (tertiary/aromatic N) is 3. The minimum atomic E-state index is -3.25. The van der Waals surface area contributed by atoms with Gasteiger partial charge in [0.15, 0.2) is 6.10 Å². The molecule has 0 bridgehead atoms. The van der Waals surface area contributed by atoms with Crippen molar-refractivity contribution in [2.24, 2.45) is 0 Å². The van der Waals surface area contributed by atoms with Crippen LogP contribution in [0.5, 0.6) is 0 Å². The summed E-state index contributed by atoms with van der Waals surface area (Å²) in [5, 5.41) is 16.1. The van der Waals surface area contributed by atoms with Crippen molar-refractivity contribution in [2.75, 3.05) is 57.8 Å². The third kappa shape index (κ3) is 7.75. The van der Waals surface area contributed by atoms with Crippen LogP contribution in [0, 0.1) is 0 Å². The molecule has 2 heterocycles.